The van der Waals surface area contributed by atoms with Crippen LogP contribution in [0, 0.1) is 0 Å². The topological polar surface area (TPSA) is 60.2 Å². The number of aromatic nitrogens is 3. The first-order valence-corrected chi connectivity index (χ1v) is 8.31. The zero-order valence-electron chi connectivity index (χ0n) is 13.2. The highest BCUT2D eigenvalue weighted by atomic mass is 32.1. The predicted molar refractivity (Wildman–Crippen MR) is 86.1 cm³/mol. The van der Waals surface area contributed by atoms with Gasteiger partial charge in [-0.1, -0.05) is 5.21 Å². The molecule has 2 aromatic heterocycles. The molecule has 0 saturated heterocycles. The fraction of sp³-hybridized carbons (Fsp3) is 0.533. The van der Waals surface area contributed by atoms with Gasteiger partial charge in [0.1, 0.15) is 0 Å². The number of thiophene rings is 1. The molecule has 0 radical (unpaired) electrons. The van der Waals surface area contributed by atoms with Crippen LogP contribution in [0.25, 0.3) is 0 Å². The lowest BCUT2D eigenvalue weighted by atomic mass is 10.1. The molecule has 22 heavy (non-hydrogen) atoms. The van der Waals surface area contributed by atoms with E-state index in [1.54, 1.807) is 29.3 Å². The number of ether oxygens (including phenoxy) is 1. The minimum absolute atomic E-state index is 0.0751. The van der Waals surface area contributed by atoms with Crippen LogP contribution in [0.3, 0.4) is 0 Å². The zero-order valence-corrected chi connectivity index (χ0v) is 14.0. The molecule has 0 aliphatic heterocycles. The number of hydrogen-bond donors (Lipinski definition) is 0. The van der Waals surface area contributed by atoms with E-state index >= 15 is 0 Å². The maximum absolute atomic E-state index is 12.6. The van der Waals surface area contributed by atoms with Gasteiger partial charge in [0.15, 0.2) is 5.69 Å². The van der Waals surface area contributed by atoms with Crippen LogP contribution >= 0.6 is 11.3 Å². The van der Waals surface area contributed by atoms with Crippen LogP contribution in [0.15, 0.2) is 23.0 Å². The summed E-state index contributed by atoms with van der Waals surface area (Å²) in [5, 5.41) is 12.1. The zero-order chi connectivity index (χ0) is 15.9. The highest BCUT2D eigenvalue weighted by Gasteiger charge is 2.22. The molecule has 1 atom stereocenters. The van der Waals surface area contributed by atoms with Crippen molar-refractivity contribution in [2.45, 2.75) is 32.9 Å². The number of likely N-dealkylation sites (N-methyl/N-ethyl adjacent to an activating group) is 1. The Morgan fingerprint density at radius 3 is 3.00 bits per heavy atom. The molecule has 6 nitrogen and oxygen atoms in total. The third kappa shape index (κ3) is 4.14. The van der Waals surface area contributed by atoms with E-state index in [4.69, 9.17) is 4.74 Å². The van der Waals surface area contributed by atoms with Crippen LogP contribution in [-0.4, -0.2) is 52.1 Å². The number of carbonyl (C=O) groups is 1. The Kier molecular flexibility index (Phi) is 6.09. The Labute approximate surface area is 134 Å². The number of nitrogens with zero attached hydrogens (tertiary/aromatic N) is 4. The van der Waals surface area contributed by atoms with Crippen molar-refractivity contribution in [1.29, 1.82) is 0 Å². The first-order chi connectivity index (χ1) is 10.7. The minimum Gasteiger partial charge on any atom is -0.383 e. The highest BCUT2D eigenvalue weighted by molar-refractivity contribution is 7.07. The molecular formula is C15H22N4O2S. The lowest BCUT2D eigenvalue weighted by Gasteiger charge is -2.27. The van der Waals surface area contributed by atoms with Crippen molar-refractivity contribution in [1.82, 2.24) is 19.9 Å². The van der Waals surface area contributed by atoms with Gasteiger partial charge in [0.25, 0.3) is 5.91 Å². The molecule has 0 fully saturated rings. The van der Waals surface area contributed by atoms with Gasteiger partial charge in [0.2, 0.25) is 0 Å². The smallest absolute Gasteiger partial charge is 0.276 e. The molecule has 120 valence electrons. The maximum Gasteiger partial charge on any atom is 0.276 e. The average molecular weight is 322 g/mol. The van der Waals surface area contributed by atoms with Crippen LogP contribution in [-0.2, 0) is 17.7 Å². The molecule has 2 heterocycles. The second kappa shape index (κ2) is 8.05. The van der Waals surface area contributed by atoms with Gasteiger partial charge < -0.3 is 9.64 Å². The van der Waals surface area contributed by atoms with Crippen molar-refractivity contribution in [2.24, 2.45) is 0 Å². The number of rotatable bonds is 8. The Balaban J connectivity index is 2.02. The summed E-state index contributed by atoms with van der Waals surface area (Å²) in [4.78, 5) is 14.5. The summed E-state index contributed by atoms with van der Waals surface area (Å²) < 4.78 is 6.63. The van der Waals surface area contributed by atoms with E-state index in [0.717, 1.165) is 6.42 Å². The fourth-order valence-corrected chi connectivity index (χ4v) is 3.03. The SMILES string of the molecule is CCN(C(=O)c1cn(CCOC)nn1)[C@@H](C)Cc1ccsc1. The van der Waals surface area contributed by atoms with Crippen LogP contribution in [0.1, 0.15) is 29.9 Å². The maximum atomic E-state index is 12.6. The summed E-state index contributed by atoms with van der Waals surface area (Å²) in [5.41, 5.74) is 1.64. The lowest BCUT2D eigenvalue weighted by Crippen LogP contribution is -2.39. The van der Waals surface area contributed by atoms with Gasteiger partial charge in [0, 0.05) is 19.7 Å². The van der Waals surface area contributed by atoms with E-state index in [1.165, 1.54) is 5.56 Å². The monoisotopic (exact) mass is 322 g/mol. The lowest BCUT2D eigenvalue weighted by molar-refractivity contribution is 0.0697. The summed E-state index contributed by atoms with van der Waals surface area (Å²) >= 11 is 1.68. The summed E-state index contributed by atoms with van der Waals surface area (Å²) in [7, 11) is 1.63. The van der Waals surface area contributed by atoms with Crippen molar-refractivity contribution in [3.05, 3.63) is 34.3 Å². The van der Waals surface area contributed by atoms with Crippen LogP contribution in [0.5, 0.6) is 0 Å². The van der Waals surface area contributed by atoms with Gasteiger partial charge in [-0.3, -0.25) is 4.79 Å². The first-order valence-electron chi connectivity index (χ1n) is 7.36. The Bertz CT molecular complexity index is 582. The molecule has 0 aliphatic rings. The Hall–Kier alpha value is -1.73. The quantitative estimate of drug-likeness (QED) is 0.746. The van der Waals surface area contributed by atoms with Crippen LogP contribution in [0.4, 0.5) is 0 Å². The number of hydrogen-bond acceptors (Lipinski definition) is 5. The molecule has 2 rings (SSSR count). The van der Waals surface area contributed by atoms with E-state index in [2.05, 4.69) is 34.1 Å². The standard InChI is InChI=1S/C15H22N4O2S/c1-4-19(12(2)9-13-5-8-22-11-13)15(20)14-10-18(17-16-14)6-7-21-3/h5,8,10-12H,4,6-7,9H2,1-3H3/t12-/m0/s1. The van der Waals surface area contributed by atoms with Gasteiger partial charge in [0.05, 0.1) is 19.3 Å². The molecule has 0 saturated carbocycles. The van der Waals surface area contributed by atoms with E-state index < -0.39 is 0 Å². The molecule has 0 N–H and O–H groups in total. The Morgan fingerprint density at radius 2 is 2.36 bits per heavy atom. The third-order valence-electron chi connectivity index (χ3n) is 3.53. The van der Waals surface area contributed by atoms with Crippen molar-refractivity contribution >= 4 is 17.2 Å². The Morgan fingerprint density at radius 1 is 1.55 bits per heavy atom. The molecular weight excluding hydrogens is 300 g/mol. The molecule has 0 bridgehead atoms. The molecule has 2 aromatic rings. The number of methoxy groups -OCH3 is 1. The molecule has 0 aromatic carbocycles. The highest BCUT2D eigenvalue weighted by Crippen LogP contribution is 2.14. The molecule has 0 unspecified atom stereocenters. The second-order valence-electron chi connectivity index (χ2n) is 5.14. The number of carbonyl (C=O) groups excluding carboxylic acids is 1. The van der Waals surface area contributed by atoms with E-state index in [9.17, 15) is 4.79 Å². The minimum atomic E-state index is -0.0751. The molecule has 7 heteroatoms. The molecule has 0 aliphatic carbocycles. The summed E-state index contributed by atoms with van der Waals surface area (Å²) in [6.07, 6.45) is 2.53. The van der Waals surface area contributed by atoms with Gasteiger partial charge in [-0.25, -0.2) is 4.68 Å². The van der Waals surface area contributed by atoms with Gasteiger partial charge >= 0.3 is 0 Å². The van der Waals surface area contributed by atoms with Crippen molar-refractivity contribution in [2.75, 3.05) is 20.3 Å². The van der Waals surface area contributed by atoms with Gasteiger partial charge in [-0.05, 0) is 42.7 Å². The van der Waals surface area contributed by atoms with Crippen molar-refractivity contribution in [3.63, 3.8) is 0 Å². The van der Waals surface area contributed by atoms with E-state index in [-0.39, 0.29) is 11.9 Å². The second-order valence-corrected chi connectivity index (χ2v) is 5.92. The van der Waals surface area contributed by atoms with Gasteiger partial charge in [-0.15, -0.1) is 5.10 Å². The summed E-state index contributed by atoms with van der Waals surface area (Å²) in [6, 6.07) is 2.22. The molecule has 1 amide bonds. The summed E-state index contributed by atoms with van der Waals surface area (Å²) in [5.74, 6) is -0.0751. The largest absolute Gasteiger partial charge is 0.383 e. The van der Waals surface area contributed by atoms with Crippen molar-refractivity contribution in [3.8, 4) is 0 Å². The van der Waals surface area contributed by atoms with Crippen molar-refractivity contribution < 1.29 is 9.53 Å². The average Bonchev–Trinajstić information content (AvgIpc) is 3.17. The number of amides is 1. The summed E-state index contributed by atoms with van der Waals surface area (Å²) in [6.45, 7) is 5.83. The third-order valence-corrected chi connectivity index (χ3v) is 4.26. The van der Waals surface area contributed by atoms with E-state index in [0.29, 0.717) is 25.4 Å². The van der Waals surface area contributed by atoms with Crippen LogP contribution in [0.2, 0.25) is 0 Å². The van der Waals surface area contributed by atoms with Crippen LogP contribution < -0.4 is 0 Å². The normalized spacial score (nSPS) is 12.3. The first kappa shape index (κ1) is 16.6. The fourth-order valence-electron chi connectivity index (χ4n) is 2.35. The van der Waals surface area contributed by atoms with E-state index in [1.807, 2.05) is 11.8 Å². The molecule has 0 spiro atoms. The predicted octanol–water partition coefficient (Wildman–Crippen LogP) is 2.08. The van der Waals surface area contributed by atoms with Gasteiger partial charge in [-0.2, -0.15) is 11.3 Å².